The zero-order chi connectivity index (χ0) is 16.2. The second kappa shape index (κ2) is 6.75. The summed E-state index contributed by atoms with van der Waals surface area (Å²) >= 11 is 1.62. The van der Waals surface area contributed by atoms with Crippen molar-refractivity contribution in [3.8, 4) is 0 Å². The monoisotopic (exact) mass is 327 g/mol. The van der Waals surface area contributed by atoms with E-state index in [2.05, 4.69) is 15.3 Å². The maximum absolute atomic E-state index is 12.0. The fourth-order valence-electron chi connectivity index (χ4n) is 2.41. The standard InChI is InChI=1S/C17H17N3O2S/c1-11(14-7-4-10-23-14)18-16(21)9-8-15-19-13-6-3-2-5-12(13)17(22)20-15/h2-7,10-11H,8-9H2,1H3,(H,18,21)(H,19,20,22). The highest BCUT2D eigenvalue weighted by atomic mass is 32.1. The van der Waals surface area contributed by atoms with Crippen molar-refractivity contribution >= 4 is 28.1 Å². The Kier molecular flexibility index (Phi) is 4.52. The van der Waals surface area contributed by atoms with Gasteiger partial charge < -0.3 is 10.3 Å². The fraction of sp³-hybridized carbons (Fsp3) is 0.235. The molecule has 0 aliphatic rings. The summed E-state index contributed by atoms with van der Waals surface area (Å²) in [5, 5.41) is 5.51. The van der Waals surface area contributed by atoms with Gasteiger partial charge in [-0.2, -0.15) is 0 Å². The first-order chi connectivity index (χ1) is 11.1. The molecule has 6 heteroatoms. The van der Waals surface area contributed by atoms with Gasteiger partial charge in [0.25, 0.3) is 5.56 Å². The van der Waals surface area contributed by atoms with Crippen LogP contribution in [-0.4, -0.2) is 15.9 Å². The van der Waals surface area contributed by atoms with Crippen molar-refractivity contribution in [2.24, 2.45) is 0 Å². The molecule has 0 saturated carbocycles. The van der Waals surface area contributed by atoms with E-state index in [1.165, 1.54) is 0 Å². The van der Waals surface area contributed by atoms with E-state index in [4.69, 9.17) is 0 Å². The van der Waals surface area contributed by atoms with E-state index >= 15 is 0 Å². The molecule has 0 saturated heterocycles. The number of nitrogens with one attached hydrogen (secondary N) is 2. The lowest BCUT2D eigenvalue weighted by molar-refractivity contribution is -0.121. The van der Waals surface area contributed by atoms with Gasteiger partial charge in [0.05, 0.1) is 16.9 Å². The average Bonchev–Trinajstić information content (AvgIpc) is 3.07. The molecular formula is C17H17N3O2S. The third kappa shape index (κ3) is 3.65. The molecule has 23 heavy (non-hydrogen) atoms. The Morgan fingerprint density at radius 2 is 2.13 bits per heavy atom. The molecule has 1 unspecified atom stereocenters. The van der Waals surface area contributed by atoms with Crippen molar-refractivity contribution in [1.82, 2.24) is 15.3 Å². The maximum Gasteiger partial charge on any atom is 0.258 e. The van der Waals surface area contributed by atoms with Crippen LogP contribution >= 0.6 is 11.3 Å². The van der Waals surface area contributed by atoms with E-state index < -0.39 is 0 Å². The van der Waals surface area contributed by atoms with Crippen LogP contribution in [0.5, 0.6) is 0 Å². The van der Waals surface area contributed by atoms with Gasteiger partial charge in [-0.15, -0.1) is 11.3 Å². The predicted octanol–water partition coefficient (Wildman–Crippen LogP) is 2.79. The van der Waals surface area contributed by atoms with Gasteiger partial charge in [0.1, 0.15) is 5.82 Å². The number of H-pyrrole nitrogens is 1. The number of thiophene rings is 1. The smallest absolute Gasteiger partial charge is 0.258 e. The van der Waals surface area contributed by atoms with Gasteiger partial charge in [0.2, 0.25) is 5.91 Å². The van der Waals surface area contributed by atoms with Gasteiger partial charge >= 0.3 is 0 Å². The van der Waals surface area contributed by atoms with Crippen molar-refractivity contribution < 1.29 is 4.79 Å². The second-order valence-electron chi connectivity index (χ2n) is 5.33. The fourth-order valence-corrected chi connectivity index (χ4v) is 3.14. The summed E-state index contributed by atoms with van der Waals surface area (Å²) in [6.45, 7) is 1.96. The van der Waals surface area contributed by atoms with E-state index in [0.717, 1.165) is 4.88 Å². The number of benzene rings is 1. The van der Waals surface area contributed by atoms with Crippen molar-refractivity contribution in [2.45, 2.75) is 25.8 Å². The van der Waals surface area contributed by atoms with Gasteiger partial charge in [-0.05, 0) is 30.5 Å². The molecule has 3 aromatic rings. The Morgan fingerprint density at radius 3 is 2.91 bits per heavy atom. The number of carbonyl (C=O) groups is 1. The Bertz CT molecular complexity index is 871. The lowest BCUT2D eigenvalue weighted by Gasteiger charge is -2.12. The normalized spacial score (nSPS) is 12.2. The topological polar surface area (TPSA) is 74.8 Å². The number of nitrogens with zero attached hydrogens (tertiary/aromatic N) is 1. The lowest BCUT2D eigenvalue weighted by Crippen LogP contribution is -2.26. The third-order valence-electron chi connectivity index (χ3n) is 3.60. The Morgan fingerprint density at radius 1 is 1.30 bits per heavy atom. The molecule has 0 aliphatic heterocycles. The minimum Gasteiger partial charge on any atom is -0.349 e. The zero-order valence-corrected chi connectivity index (χ0v) is 13.5. The molecule has 5 nitrogen and oxygen atoms in total. The molecule has 0 aliphatic carbocycles. The molecule has 1 atom stereocenters. The summed E-state index contributed by atoms with van der Waals surface area (Å²) in [5.41, 5.74) is 0.483. The number of hydrogen-bond donors (Lipinski definition) is 2. The molecule has 0 fully saturated rings. The molecule has 0 spiro atoms. The second-order valence-corrected chi connectivity index (χ2v) is 6.31. The van der Waals surface area contributed by atoms with Crippen molar-refractivity contribution in [1.29, 1.82) is 0 Å². The van der Waals surface area contributed by atoms with Crippen LogP contribution < -0.4 is 10.9 Å². The average molecular weight is 327 g/mol. The maximum atomic E-state index is 12.0. The van der Waals surface area contributed by atoms with Crippen LogP contribution in [-0.2, 0) is 11.2 Å². The number of rotatable bonds is 5. The first kappa shape index (κ1) is 15.4. The lowest BCUT2D eigenvalue weighted by atomic mass is 10.2. The van der Waals surface area contributed by atoms with Gasteiger partial charge in [0, 0.05) is 17.7 Å². The van der Waals surface area contributed by atoms with Crippen LogP contribution in [0.3, 0.4) is 0 Å². The van der Waals surface area contributed by atoms with Crippen LogP contribution in [0.4, 0.5) is 0 Å². The molecule has 3 rings (SSSR count). The number of hydrogen-bond acceptors (Lipinski definition) is 4. The quantitative estimate of drug-likeness (QED) is 0.756. The van der Waals surface area contributed by atoms with Crippen LogP contribution in [0.15, 0.2) is 46.6 Å². The van der Waals surface area contributed by atoms with Gasteiger partial charge in [-0.3, -0.25) is 9.59 Å². The van der Waals surface area contributed by atoms with Gasteiger partial charge in [-0.25, -0.2) is 4.98 Å². The van der Waals surface area contributed by atoms with Gasteiger partial charge in [-0.1, -0.05) is 18.2 Å². The molecule has 2 heterocycles. The van der Waals surface area contributed by atoms with Crippen LogP contribution in [0.2, 0.25) is 0 Å². The summed E-state index contributed by atoms with van der Waals surface area (Å²) in [4.78, 5) is 32.3. The highest BCUT2D eigenvalue weighted by molar-refractivity contribution is 7.10. The van der Waals surface area contributed by atoms with E-state index in [1.807, 2.05) is 30.5 Å². The Labute approximate surface area is 137 Å². The van der Waals surface area contributed by atoms with E-state index in [-0.39, 0.29) is 23.9 Å². The molecule has 0 bridgehead atoms. The summed E-state index contributed by atoms with van der Waals surface area (Å²) in [5.74, 6) is 0.481. The number of fused-ring (bicyclic) bond motifs is 1. The molecule has 1 amide bonds. The van der Waals surface area contributed by atoms with Crippen LogP contribution in [0.1, 0.15) is 30.1 Å². The summed E-state index contributed by atoms with van der Waals surface area (Å²) in [6.07, 6.45) is 0.695. The number of aryl methyl sites for hydroxylation is 1. The number of carbonyl (C=O) groups excluding carboxylic acids is 1. The molecule has 2 N–H and O–H groups in total. The number of amides is 1. The van der Waals surface area contributed by atoms with Crippen LogP contribution in [0.25, 0.3) is 10.9 Å². The molecular weight excluding hydrogens is 310 g/mol. The Balaban J connectivity index is 1.64. The van der Waals surface area contributed by atoms with Crippen LogP contribution in [0, 0.1) is 0 Å². The highest BCUT2D eigenvalue weighted by Gasteiger charge is 2.11. The Hall–Kier alpha value is -2.47. The van der Waals surface area contributed by atoms with Crippen molar-refractivity contribution in [2.75, 3.05) is 0 Å². The van der Waals surface area contributed by atoms with Crippen molar-refractivity contribution in [3.05, 3.63) is 62.8 Å². The summed E-state index contributed by atoms with van der Waals surface area (Å²) in [6, 6.07) is 11.1. The summed E-state index contributed by atoms with van der Waals surface area (Å²) in [7, 11) is 0. The first-order valence-electron chi connectivity index (χ1n) is 7.44. The van der Waals surface area contributed by atoms with E-state index in [1.54, 1.807) is 29.5 Å². The molecule has 1 aromatic carbocycles. The molecule has 118 valence electrons. The first-order valence-corrected chi connectivity index (χ1v) is 8.32. The minimum atomic E-state index is -0.169. The van der Waals surface area contributed by atoms with Gasteiger partial charge in [0.15, 0.2) is 0 Å². The van der Waals surface area contributed by atoms with Crippen molar-refractivity contribution in [3.63, 3.8) is 0 Å². The minimum absolute atomic E-state index is 0.00823. The number of para-hydroxylation sites is 1. The highest BCUT2D eigenvalue weighted by Crippen LogP contribution is 2.18. The van der Waals surface area contributed by atoms with E-state index in [0.29, 0.717) is 23.1 Å². The SMILES string of the molecule is CC(NC(=O)CCc1nc2ccccc2c(=O)[nH]1)c1cccs1. The summed E-state index contributed by atoms with van der Waals surface area (Å²) < 4.78 is 0. The number of aromatic nitrogens is 2. The number of aromatic amines is 1. The zero-order valence-electron chi connectivity index (χ0n) is 12.7. The molecule has 0 radical (unpaired) electrons. The third-order valence-corrected chi connectivity index (χ3v) is 4.65. The van der Waals surface area contributed by atoms with E-state index in [9.17, 15) is 9.59 Å². The predicted molar refractivity (Wildman–Crippen MR) is 91.6 cm³/mol. The molecule has 2 aromatic heterocycles. The largest absolute Gasteiger partial charge is 0.349 e.